The van der Waals surface area contributed by atoms with Gasteiger partial charge in [0.2, 0.25) is 0 Å². The minimum absolute atomic E-state index is 0.507. The van der Waals surface area contributed by atoms with Crippen molar-refractivity contribution >= 4 is 11.3 Å². The molecule has 1 aromatic carbocycles. The number of nitrogens with two attached hydrogens (primary N) is 1. The minimum atomic E-state index is 0.507. The van der Waals surface area contributed by atoms with E-state index in [9.17, 15) is 0 Å². The van der Waals surface area contributed by atoms with Crippen molar-refractivity contribution in [2.45, 2.75) is 26.9 Å². The standard InChI is InChI=1S/C15H20N2O2S/c1-3-18-14-6-4-5-12(7-8-16)15(14)19-10-13-9-17-11(2)20-13/h4-6,9H,3,7-8,10,16H2,1-2H3. The van der Waals surface area contributed by atoms with Gasteiger partial charge >= 0.3 is 0 Å². The Bertz CT molecular complexity index is 530. The summed E-state index contributed by atoms with van der Waals surface area (Å²) >= 11 is 1.64. The van der Waals surface area contributed by atoms with E-state index in [2.05, 4.69) is 4.98 Å². The van der Waals surface area contributed by atoms with E-state index in [1.165, 1.54) is 0 Å². The number of benzene rings is 1. The van der Waals surface area contributed by atoms with E-state index in [0.29, 0.717) is 19.8 Å². The molecule has 0 unspecified atom stereocenters. The van der Waals surface area contributed by atoms with E-state index in [4.69, 9.17) is 15.2 Å². The van der Waals surface area contributed by atoms with E-state index in [-0.39, 0.29) is 0 Å². The monoisotopic (exact) mass is 292 g/mol. The highest BCUT2D eigenvalue weighted by Gasteiger charge is 2.11. The van der Waals surface area contributed by atoms with Crippen LogP contribution in [-0.4, -0.2) is 18.1 Å². The quantitative estimate of drug-likeness (QED) is 0.852. The fraction of sp³-hybridized carbons (Fsp3) is 0.400. The Morgan fingerprint density at radius 3 is 2.80 bits per heavy atom. The molecule has 0 saturated carbocycles. The number of hydrogen-bond donors (Lipinski definition) is 1. The van der Waals surface area contributed by atoms with Crippen molar-refractivity contribution in [2.24, 2.45) is 5.73 Å². The first-order valence-electron chi connectivity index (χ1n) is 6.73. The number of aromatic nitrogens is 1. The molecule has 0 saturated heterocycles. The maximum Gasteiger partial charge on any atom is 0.164 e. The fourth-order valence-electron chi connectivity index (χ4n) is 1.96. The highest BCUT2D eigenvalue weighted by atomic mass is 32.1. The Kier molecular flexibility index (Phi) is 5.38. The first-order chi connectivity index (χ1) is 9.74. The topological polar surface area (TPSA) is 57.4 Å². The summed E-state index contributed by atoms with van der Waals surface area (Å²) in [5.41, 5.74) is 6.74. The van der Waals surface area contributed by atoms with Crippen LogP contribution in [0.1, 0.15) is 22.4 Å². The summed E-state index contributed by atoms with van der Waals surface area (Å²) in [5.74, 6) is 1.57. The molecule has 2 N–H and O–H groups in total. The van der Waals surface area contributed by atoms with Gasteiger partial charge in [0.1, 0.15) is 6.61 Å². The van der Waals surface area contributed by atoms with Crippen LogP contribution in [0.5, 0.6) is 11.5 Å². The van der Waals surface area contributed by atoms with Crippen molar-refractivity contribution in [2.75, 3.05) is 13.2 Å². The third-order valence-corrected chi connectivity index (χ3v) is 3.69. The van der Waals surface area contributed by atoms with E-state index in [1.54, 1.807) is 11.3 Å². The van der Waals surface area contributed by atoms with Gasteiger partial charge in [0, 0.05) is 6.20 Å². The Balaban J connectivity index is 2.18. The number of thiazole rings is 1. The molecule has 0 aliphatic carbocycles. The molecule has 2 rings (SSSR count). The molecule has 0 fully saturated rings. The predicted octanol–water partition coefficient (Wildman–Crippen LogP) is 2.93. The summed E-state index contributed by atoms with van der Waals surface area (Å²) in [4.78, 5) is 5.34. The molecule has 0 aliphatic rings. The van der Waals surface area contributed by atoms with E-state index < -0.39 is 0 Å². The van der Waals surface area contributed by atoms with E-state index >= 15 is 0 Å². The summed E-state index contributed by atoms with van der Waals surface area (Å²) in [6, 6.07) is 5.93. The van der Waals surface area contributed by atoms with Crippen LogP contribution in [0.4, 0.5) is 0 Å². The van der Waals surface area contributed by atoms with Gasteiger partial charge in [0.15, 0.2) is 11.5 Å². The molecule has 0 atom stereocenters. The number of para-hydroxylation sites is 1. The lowest BCUT2D eigenvalue weighted by Crippen LogP contribution is -2.07. The number of nitrogens with zero attached hydrogens (tertiary/aromatic N) is 1. The molecule has 108 valence electrons. The summed E-state index contributed by atoms with van der Waals surface area (Å²) in [6.07, 6.45) is 2.63. The fourth-order valence-corrected chi connectivity index (χ4v) is 2.67. The molecule has 0 bridgehead atoms. The summed E-state index contributed by atoms with van der Waals surface area (Å²) in [6.45, 7) is 5.66. The second kappa shape index (κ2) is 7.26. The molecule has 0 aliphatic heterocycles. The zero-order valence-corrected chi connectivity index (χ0v) is 12.7. The average Bonchev–Trinajstić information content (AvgIpc) is 2.84. The van der Waals surface area contributed by atoms with Crippen LogP contribution in [0, 0.1) is 6.92 Å². The molecule has 0 spiro atoms. The van der Waals surface area contributed by atoms with Gasteiger partial charge in [-0.3, -0.25) is 0 Å². The maximum absolute atomic E-state index is 5.96. The molecule has 2 aromatic rings. The van der Waals surface area contributed by atoms with Crippen molar-refractivity contribution in [3.63, 3.8) is 0 Å². The molecular formula is C15H20N2O2S. The van der Waals surface area contributed by atoms with Gasteiger partial charge in [-0.25, -0.2) is 4.98 Å². The van der Waals surface area contributed by atoms with Crippen LogP contribution in [0.2, 0.25) is 0 Å². The smallest absolute Gasteiger partial charge is 0.164 e. The molecule has 5 heteroatoms. The average molecular weight is 292 g/mol. The van der Waals surface area contributed by atoms with Crippen molar-refractivity contribution in [3.05, 3.63) is 39.8 Å². The molecule has 0 radical (unpaired) electrons. The van der Waals surface area contributed by atoms with Crippen LogP contribution in [-0.2, 0) is 13.0 Å². The Labute approximate surface area is 123 Å². The van der Waals surface area contributed by atoms with Gasteiger partial charge in [-0.15, -0.1) is 11.3 Å². The lowest BCUT2D eigenvalue weighted by Gasteiger charge is -2.15. The Morgan fingerprint density at radius 1 is 1.30 bits per heavy atom. The van der Waals surface area contributed by atoms with Crippen LogP contribution in [0.3, 0.4) is 0 Å². The van der Waals surface area contributed by atoms with Gasteiger partial charge in [0.25, 0.3) is 0 Å². The largest absolute Gasteiger partial charge is 0.490 e. The molecular weight excluding hydrogens is 272 g/mol. The SMILES string of the molecule is CCOc1cccc(CCN)c1OCc1cnc(C)s1. The number of rotatable bonds is 7. The molecule has 20 heavy (non-hydrogen) atoms. The third kappa shape index (κ3) is 3.71. The van der Waals surface area contributed by atoms with Crippen LogP contribution >= 0.6 is 11.3 Å². The van der Waals surface area contributed by atoms with Crippen molar-refractivity contribution < 1.29 is 9.47 Å². The lowest BCUT2D eigenvalue weighted by atomic mass is 10.1. The molecule has 0 amide bonds. The summed E-state index contributed by atoms with van der Waals surface area (Å²) < 4.78 is 11.6. The van der Waals surface area contributed by atoms with Crippen LogP contribution in [0.15, 0.2) is 24.4 Å². The van der Waals surface area contributed by atoms with Gasteiger partial charge in [-0.2, -0.15) is 0 Å². The second-order valence-corrected chi connectivity index (χ2v) is 5.67. The third-order valence-electron chi connectivity index (χ3n) is 2.80. The van der Waals surface area contributed by atoms with Gasteiger partial charge in [0.05, 0.1) is 16.5 Å². The Morgan fingerprint density at radius 2 is 2.15 bits per heavy atom. The first-order valence-corrected chi connectivity index (χ1v) is 7.55. The van der Waals surface area contributed by atoms with Crippen molar-refractivity contribution in [1.29, 1.82) is 0 Å². The lowest BCUT2D eigenvalue weighted by molar-refractivity contribution is 0.268. The highest BCUT2D eigenvalue weighted by Crippen LogP contribution is 2.32. The summed E-state index contributed by atoms with van der Waals surface area (Å²) in [5, 5.41) is 1.05. The van der Waals surface area contributed by atoms with Gasteiger partial charge in [-0.1, -0.05) is 12.1 Å². The molecule has 4 nitrogen and oxygen atoms in total. The van der Waals surface area contributed by atoms with Crippen LogP contribution < -0.4 is 15.2 Å². The number of aryl methyl sites for hydroxylation is 1. The Hall–Kier alpha value is -1.59. The van der Waals surface area contributed by atoms with Gasteiger partial charge < -0.3 is 15.2 Å². The first kappa shape index (κ1) is 14.8. The van der Waals surface area contributed by atoms with Gasteiger partial charge in [-0.05, 0) is 38.4 Å². The highest BCUT2D eigenvalue weighted by molar-refractivity contribution is 7.11. The summed E-state index contributed by atoms with van der Waals surface area (Å²) in [7, 11) is 0. The maximum atomic E-state index is 5.96. The zero-order chi connectivity index (χ0) is 14.4. The van der Waals surface area contributed by atoms with Crippen molar-refractivity contribution in [3.8, 4) is 11.5 Å². The molecule has 1 aromatic heterocycles. The van der Waals surface area contributed by atoms with E-state index in [0.717, 1.165) is 33.4 Å². The van der Waals surface area contributed by atoms with E-state index in [1.807, 2.05) is 38.2 Å². The molecule has 1 heterocycles. The van der Waals surface area contributed by atoms with Crippen molar-refractivity contribution in [1.82, 2.24) is 4.98 Å². The zero-order valence-electron chi connectivity index (χ0n) is 11.9. The number of hydrogen-bond acceptors (Lipinski definition) is 5. The van der Waals surface area contributed by atoms with Crippen LogP contribution in [0.25, 0.3) is 0 Å². The number of ether oxygens (including phenoxy) is 2. The second-order valence-electron chi connectivity index (χ2n) is 4.35. The normalized spacial score (nSPS) is 10.6. The predicted molar refractivity (Wildman–Crippen MR) is 81.6 cm³/mol. The minimum Gasteiger partial charge on any atom is -0.490 e.